The molecule has 0 saturated heterocycles. The van der Waals surface area contributed by atoms with E-state index in [1.807, 2.05) is 48.0 Å². The number of aliphatic carboxylic acids is 1. The third-order valence-corrected chi connectivity index (χ3v) is 5.71. The molecule has 1 atom stereocenters. The van der Waals surface area contributed by atoms with Gasteiger partial charge in [0.25, 0.3) is 0 Å². The quantitative estimate of drug-likeness (QED) is 0.322. The van der Waals surface area contributed by atoms with Gasteiger partial charge in [-0.2, -0.15) is 13.2 Å². The lowest BCUT2D eigenvalue weighted by Crippen LogP contribution is -2.12. The Hall–Kier alpha value is -4.07. The van der Waals surface area contributed by atoms with Crippen molar-refractivity contribution < 1.29 is 27.8 Å². The molecule has 0 unspecified atom stereocenters. The summed E-state index contributed by atoms with van der Waals surface area (Å²) >= 11 is 0. The summed E-state index contributed by atoms with van der Waals surface area (Å²) in [6.07, 6.45) is -1.03. The van der Waals surface area contributed by atoms with Gasteiger partial charge in [-0.3, -0.25) is 4.79 Å². The molecule has 0 saturated carbocycles. The van der Waals surface area contributed by atoms with Crippen molar-refractivity contribution in [2.75, 3.05) is 0 Å². The van der Waals surface area contributed by atoms with Gasteiger partial charge in [0.2, 0.25) is 0 Å². The summed E-state index contributed by atoms with van der Waals surface area (Å²) in [7, 11) is 1.83. The summed E-state index contributed by atoms with van der Waals surface area (Å²) in [6.45, 7) is 0.270. The number of hydrogen-bond donors (Lipinski definition) is 1. The molecule has 0 amide bonds. The number of alkyl halides is 3. The molecule has 1 N–H and O–H groups in total. The van der Waals surface area contributed by atoms with Crippen molar-refractivity contribution in [3.63, 3.8) is 0 Å². The van der Waals surface area contributed by atoms with E-state index in [4.69, 9.17) is 4.74 Å². The van der Waals surface area contributed by atoms with Crippen molar-refractivity contribution in [1.29, 1.82) is 0 Å². The zero-order chi connectivity index (χ0) is 25.0. The normalized spacial score (nSPS) is 12.3. The summed E-state index contributed by atoms with van der Waals surface area (Å²) in [5, 5.41) is 9.34. The third kappa shape index (κ3) is 5.90. The molecule has 0 spiro atoms. The second-order valence-electron chi connectivity index (χ2n) is 8.18. The molecular formula is C27H23F3N2O3. The van der Waals surface area contributed by atoms with Crippen LogP contribution in [0.15, 0.2) is 85.2 Å². The third-order valence-electron chi connectivity index (χ3n) is 5.71. The molecule has 4 aromatic rings. The molecule has 4 rings (SSSR count). The predicted molar refractivity (Wildman–Crippen MR) is 125 cm³/mol. The van der Waals surface area contributed by atoms with Crippen LogP contribution >= 0.6 is 0 Å². The lowest BCUT2D eigenvalue weighted by Gasteiger charge is -2.16. The highest BCUT2D eigenvalue weighted by molar-refractivity contribution is 5.68. The van der Waals surface area contributed by atoms with Gasteiger partial charge in [0.15, 0.2) is 0 Å². The van der Waals surface area contributed by atoms with Gasteiger partial charge >= 0.3 is 12.1 Å². The number of ether oxygens (including phenoxy) is 1. The number of imidazole rings is 1. The van der Waals surface area contributed by atoms with Crippen molar-refractivity contribution in [3.05, 3.63) is 108 Å². The zero-order valence-electron chi connectivity index (χ0n) is 18.9. The fraction of sp³-hybridized carbons (Fsp3) is 0.185. The molecule has 1 heterocycles. The number of rotatable bonds is 8. The maximum atomic E-state index is 12.8. The molecule has 0 fully saturated rings. The highest BCUT2D eigenvalue weighted by atomic mass is 19.4. The Morgan fingerprint density at radius 2 is 1.74 bits per heavy atom. The molecule has 0 aliphatic rings. The van der Waals surface area contributed by atoms with Crippen LogP contribution in [0.4, 0.5) is 13.2 Å². The number of carboxylic acids is 1. The van der Waals surface area contributed by atoms with Gasteiger partial charge in [0, 0.05) is 19.4 Å². The van der Waals surface area contributed by atoms with Crippen LogP contribution in [0.5, 0.6) is 5.75 Å². The molecule has 1 aromatic heterocycles. The highest BCUT2D eigenvalue weighted by Gasteiger charge is 2.30. The van der Waals surface area contributed by atoms with Gasteiger partial charge in [-0.1, -0.05) is 42.5 Å². The number of carboxylic acid groups (broad SMARTS) is 1. The Labute approximate surface area is 200 Å². The van der Waals surface area contributed by atoms with Gasteiger partial charge in [-0.05, 0) is 52.6 Å². The monoisotopic (exact) mass is 480 g/mol. The predicted octanol–water partition coefficient (Wildman–Crippen LogP) is 6.29. The standard InChI is InChI=1S/C27H23F3N2O3/c1-32-14-13-31-26(32)24(16-25(33)34)20-7-11-23(12-8-20)35-17-18-3-2-4-21(15-18)19-5-9-22(10-6-19)27(28,29)30/h2-15,24H,16-17H2,1H3,(H,33,34)/t24-/m0/s1. The molecule has 0 radical (unpaired) electrons. The first-order chi connectivity index (χ1) is 16.7. The number of benzene rings is 3. The van der Waals surface area contributed by atoms with E-state index in [0.717, 1.165) is 28.8 Å². The van der Waals surface area contributed by atoms with E-state index in [0.29, 0.717) is 17.1 Å². The molecule has 0 bridgehead atoms. The Bertz CT molecular complexity index is 1300. The second-order valence-corrected chi connectivity index (χ2v) is 8.18. The summed E-state index contributed by atoms with van der Waals surface area (Å²) < 4.78 is 46.1. The van der Waals surface area contributed by atoms with Crippen LogP contribution in [-0.2, 0) is 24.6 Å². The molecule has 35 heavy (non-hydrogen) atoms. The molecule has 180 valence electrons. The first kappa shape index (κ1) is 24.1. The smallest absolute Gasteiger partial charge is 0.416 e. The maximum absolute atomic E-state index is 12.8. The molecule has 3 aromatic carbocycles. The van der Waals surface area contributed by atoms with Crippen LogP contribution in [0.2, 0.25) is 0 Å². The highest BCUT2D eigenvalue weighted by Crippen LogP contribution is 2.31. The lowest BCUT2D eigenvalue weighted by atomic mass is 9.94. The second kappa shape index (κ2) is 10.0. The van der Waals surface area contributed by atoms with Gasteiger partial charge in [-0.15, -0.1) is 0 Å². The van der Waals surface area contributed by atoms with Crippen LogP contribution < -0.4 is 4.74 Å². The minimum absolute atomic E-state index is 0.0815. The van der Waals surface area contributed by atoms with E-state index in [-0.39, 0.29) is 18.9 Å². The molecule has 8 heteroatoms. The fourth-order valence-electron chi connectivity index (χ4n) is 3.90. The van der Waals surface area contributed by atoms with Crippen LogP contribution in [0.3, 0.4) is 0 Å². The van der Waals surface area contributed by atoms with Gasteiger partial charge in [0.05, 0.1) is 17.9 Å². The van der Waals surface area contributed by atoms with Crippen molar-refractivity contribution in [2.45, 2.75) is 25.1 Å². The Morgan fingerprint density at radius 3 is 2.34 bits per heavy atom. The number of aryl methyl sites for hydroxylation is 1. The van der Waals surface area contributed by atoms with E-state index in [1.165, 1.54) is 12.1 Å². The molecule has 5 nitrogen and oxygen atoms in total. The maximum Gasteiger partial charge on any atom is 0.416 e. The Morgan fingerprint density at radius 1 is 1.03 bits per heavy atom. The van der Waals surface area contributed by atoms with E-state index in [1.54, 1.807) is 24.5 Å². The first-order valence-corrected chi connectivity index (χ1v) is 10.9. The van der Waals surface area contributed by atoms with E-state index in [9.17, 15) is 23.1 Å². The van der Waals surface area contributed by atoms with Crippen molar-refractivity contribution >= 4 is 5.97 Å². The Balaban J connectivity index is 1.45. The van der Waals surface area contributed by atoms with Crippen molar-refractivity contribution in [3.8, 4) is 16.9 Å². The topological polar surface area (TPSA) is 64.4 Å². The number of aromatic nitrogens is 2. The lowest BCUT2D eigenvalue weighted by molar-refractivity contribution is -0.138. The molecular weight excluding hydrogens is 457 g/mol. The SMILES string of the molecule is Cn1ccnc1[C@@H](CC(=O)O)c1ccc(OCc2cccc(-c3ccc(C(F)(F)F)cc3)c2)cc1. The Kier molecular flexibility index (Phi) is 6.91. The summed E-state index contributed by atoms with van der Waals surface area (Å²) in [4.78, 5) is 15.7. The average molecular weight is 480 g/mol. The average Bonchev–Trinajstić information content (AvgIpc) is 3.27. The van der Waals surface area contributed by atoms with Crippen molar-refractivity contribution in [1.82, 2.24) is 9.55 Å². The molecule has 0 aliphatic heterocycles. The summed E-state index contributed by atoms with van der Waals surface area (Å²) in [6, 6.07) is 19.7. The number of carbonyl (C=O) groups is 1. The van der Waals surface area contributed by atoms with E-state index < -0.39 is 17.7 Å². The van der Waals surface area contributed by atoms with Crippen LogP contribution in [0.1, 0.15) is 34.9 Å². The van der Waals surface area contributed by atoms with Gasteiger partial charge in [-0.25, -0.2) is 4.98 Å². The minimum atomic E-state index is -4.37. The van der Waals surface area contributed by atoms with E-state index in [2.05, 4.69) is 4.98 Å². The summed E-state index contributed by atoms with van der Waals surface area (Å²) in [5.74, 6) is -0.0167. The zero-order valence-corrected chi connectivity index (χ0v) is 18.9. The summed E-state index contributed by atoms with van der Waals surface area (Å²) in [5.41, 5.74) is 2.48. The van der Waals surface area contributed by atoms with Crippen LogP contribution in [-0.4, -0.2) is 20.6 Å². The first-order valence-electron chi connectivity index (χ1n) is 10.9. The van der Waals surface area contributed by atoms with E-state index >= 15 is 0 Å². The van der Waals surface area contributed by atoms with Crippen molar-refractivity contribution in [2.24, 2.45) is 7.05 Å². The largest absolute Gasteiger partial charge is 0.489 e. The number of hydrogen-bond acceptors (Lipinski definition) is 3. The number of nitrogens with zero attached hydrogens (tertiary/aromatic N) is 2. The van der Waals surface area contributed by atoms with Crippen LogP contribution in [0, 0.1) is 0 Å². The van der Waals surface area contributed by atoms with Gasteiger partial charge in [0.1, 0.15) is 18.2 Å². The molecule has 0 aliphatic carbocycles. The van der Waals surface area contributed by atoms with Crippen LogP contribution in [0.25, 0.3) is 11.1 Å². The number of halogens is 3. The van der Waals surface area contributed by atoms with Gasteiger partial charge < -0.3 is 14.4 Å². The minimum Gasteiger partial charge on any atom is -0.489 e. The fourth-order valence-corrected chi connectivity index (χ4v) is 3.90.